The van der Waals surface area contributed by atoms with Gasteiger partial charge in [0.1, 0.15) is 0 Å². The Balaban J connectivity index is 2.16. The highest BCUT2D eigenvalue weighted by molar-refractivity contribution is 8.00. The van der Waals surface area contributed by atoms with Crippen molar-refractivity contribution in [3.8, 4) is 0 Å². The summed E-state index contributed by atoms with van der Waals surface area (Å²) in [4.78, 5) is 14.1. The Hall–Kier alpha value is -0.970. The minimum absolute atomic E-state index is 0.455. The van der Waals surface area contributed by atoms with Gasteiger partial charge in [-0.2, -0.15) is 0 Å². The summed E-state index contributed by atoms with van der Waals surface area (Å²) in [6.45, 7) is 0.750. The molecule has 1 heterocycles. The van der Waals surface area contributed by atoms with E-state index in [1.54, 1.807) is 17.8 Å². The van der Waals surface area contributed by atoms with Crippen LogP contribution in [0.4, 0.5) is 4.79 Å². The second-order valence-electron chi connectivity index (χ2n) is 2.35. The number of primary amides is 1. The second-order valence-corrected chi connectivity index (χ2v) is 3.58. The molecule has 1 atom stereocenters. The summed E-state index contributed by atoms with van der Waals surface area (Å²) in [5.74, 6) is 3.20. The normalized spacial score (nSPS) is 20.5. The van der Waals surface area contributed by atoms with Gasteiger partial charge in [0.2, 0.25) is 0 Å². The Morgan fingerprint density at radius 1 is 1.92 bits per heavy atom. The third kappa shape index (κ3) is 4.57. The summed E-state index contributed by atoms with van der Waals surface area (Å²) >= 11 is 1.74. The van der Waals surface area contributed by atoms with Gasteiger partial charge in [-0.3, -0.25) is 4.84 Å². The van der Waals surface area contributed by atoms with Crippen LogP contribution >= 0.6 is 11.8 Å². The molecule has 0 aliphatic carbocycles. The monoisotopic (exact) mass is 202 g/mol. The van der Waals surface area contributed by atoms with Crippen LogP contribution in [0.3, 0.4) is 0 Å². The predicted molar refractivity (Wildman–Crippen MR) is 49.5 cm³/mol. The molecule has 6 heteroatoms. The van der Waals surface area contributed by atoms with E-state index in [9.17, 15) is 4.79 Å². The van der Waals surface area contributed by atoms with Crippen LogP contribution in [0.25, 0.3) is 0 Å². The van der Waals surface area contributed by atoms with E-state index in [0.717, 1.165) is 19.0 Å². The summed E-state index contributed by atoms with van der Waals surface area (Å²) in [7, 11) is 0. The van der Waals surface area contributed by atoms with Crippen molar-refractivity contribution in [2.75, 3.05) is 12.5 Å². The van der Waals surface area contributed by atoms with Crippen molar-refractivity contribution in [1.29, 1.82) is 0 Å². The SMILES string of the molecule is NC(=O)ON=C=CCC1COCS1. The first-order chi connectivity index (χ1) is 6.29. The molecule has 5 nitrogen and oxygen atoms in total. The minimum Gasteiger partial charge on any atom is -0.370 e. The molecule has 0 bridgehead atoms. The molecule has 1 unspecified atom stereocenters. The topological polar surface area (TPSA) is 73.9 Å². The Bertz CT molecular complexity index is 232. The summed E-state index contributed by atoms with van der Waals surface area (Å²) in [5, 5.41) is 3.66. The van der Waals surface area contributed by atoms with Crippen molar-refractivity contribution in [3.05, 3.63) is 6.08 Å². The van der Waals surface area contributed by atoms with Crippen molar-refractivity contribution in [2.45, 2.75) is 11.7 Å². The first-order valence-corrected chi connectivity index (χ1v) is 4.77. The quantitative estimate of drug-likeness (QED) is 0.415. The second kappa shape index (κ2) is 5.64. The van der Waals surface area contributed by atoms with Gasteiger partial charge < -0.3 is 10.5 Å². The fourth-order valence-electron chi connectivity index (χ4n) is 0.801. The lowest BCUT2D eigenvalue weighted by Gasteiger charge is -1.97. The molecule has 1 saturated heterocycles. The Labute approximate surface area is 79.9 Å². The molecule has 0 aromatic heterocycles. The molecule has 13 heavy (non-hydrogen) atoms. The zero-order valence-electron chi connectivity index (χ0n) is 6.93. The maximum Gasteiger partial charge on any atom is 0.431 e. The Morgan fingerprint density at radius 3 is 3.38 bits per heavy atom. The smallest absolute Gasteiger partial charge is 0.370 e. The summed E-state index contributed by atoms with van der Waals surface area (Å²) in [6.07, 6.45) is 1.56. The summed E-state index contributed by atoms with van der Waals surface area (Å²) in [6, 6.07) is 0. The molecule has 1 aliphatic heterocycles. The van der Waals surface area contributed by atoms with E-state index >= 15 is 0 Å². The van der Waals surface area contributed by atoms with Crippen LogP contribution in [0.1, 0.15) is 6.42 Å². The van der Waals surface area contributed by atoms with Crippen LogP contribution in [0.5, 0.6) is 0 Å². The minimum atomic E-state index is -0.931. The first-order valence-electron chi connectivity index (χ1n) is 3.72. The number of carbonyl (C=O) groups excluding carboxylic acids is 1. The van der Waals surface area contributed by atoms with Crippen LogP contribution in [0, 0.1) is 0 Å². The zero-order chi connectivity index (χ0) is 9.52. The van der Waals surface area contributed by atoms with E-state index < -0.39 is 6.09 Å². The van der Waals surface area contributed by atoms with Gasteiger partial charge in [0.25, 0.3) is 0 Å². The molecule has 0 aromatic rings. The van der Waals surface area contributed by atoms with Gasteiger partial charge in [-0.25, -0.2) is 4.79 Å². The number of amides is 1. The van der Waals surface area contributed by atoms with Gasteiger partial charge in [0, 0.05) is 11.1 Å². The average molecular weight is 202 g/mol. The molecule has 0 saturated carbocycles. The molecular weight excluding hydrogens is 192 g/mol. The van der Waals surface area contributed by atoms with E-state index in [2.05, 4.69) is 21.6 Å². The van der Waals surface area contributed by atoms with E-state index in [1.807, 2.05) is 0 Å². The lowest BCUT2D eigenvalue weighted by atomic mass is 10.3. The lowest BCUT2D eigenvalue weighted by molar-refractivity contribution is 0.162. The average Bonchev–Trinajstić information content (AvgIpc) is 2.55. The number of carbonyl (C=O) groups is 1. The summed E-state index contributed by atoms with van der Waals surface area (Å²) < 4.78 is 5.13. The number of hydrogen-bond donors (Lipinski definition) is 1. The van der Waals surface area contributed by atoms with Gasteiger partial charge in [-0.1, -0.05) is 0 Å². The van der Waals surface area contributed by atoms with E-state index in [4.69, 9.17) is 4.74 Å². The highest BCUT2D eigenvalue weighted by atomic mass is 32.2. The van der Waals surface area contributed by atoms with Crippen LogP contribution in [0.2, 0.25) is 0 Å². The van der Waals surface area contributed by atoms with Crippen molar-refractivity contribution < 1.29 is 14.4 Å². The fraction of sp³-hybridized carbons (Fsp3) is 0.571. The van der Waals surface area contributed by atoms with Gasteiger partial charge >= 0.3 is 6.09 Å². The molecular formula is C7H10N2O3S. The van der Waals surface area contributed by atoms with Crippen LogP contribution in [-0.2, 0) is 9.57 Å². The van der Waals surface area contributed by atoms with Gasteiger partial charge in [0.15, 0.2) is 0 Å². The van der Waals surface area contributed by atoms with Crippen LogP contribution < -0.4 is 5.73 Å². The van der Waals surface area contributed by atoms with Crippen molar-refractivity contribution in [2.24, 2.45) is 10.9 Å². The van der Waals surface area contributed by atoms with Gasteiger partial charge in [0.05, 0.1) is 12.5 Å². The van der Waals surface area contributed by atoms with E-state index in [0.29, 0.717) is 5.25 Å². The predicted octanol–water partition coefficient (Wildman–Crippen LogP) is 0.702. The molecule has 1 rings (SSSR count). The molecule has 0 aromatic carbocycles. The molecule has 1 aliphatic rings. The molecule has 2 N–H and O–H groups in total. The number of rotatable bonds is 3. The van der Waals surface area contributed by atoms with E-state index in [1.165, 1.54) is 0 Å². The first kappa shape index (κ1) is 10.1. The van der Waals surface area contributed by atoms with Crippen LogP contribution in [-0.4, -0.2) is 29.8 Å². The Morgan fingerprint density at radius 2 is 2.77 bits per heavy atom. The summed E-state index contributed by atoms with van der Waals surface area (Å²) in [5.41, 5.74) is 4.66. The van der Waals surface area contributed by atoms with Crippen molar-refractivity contribution >= 4 is 23.7 Å². The molecule has 0 spiro atoms. The number of hydrogen-bond acceptors (Lipinski definition) is 5. The highest BCUT2D eigenvalue weighted by Gasteiger charge is 2.13. The Kier molecular flexibility index (Phi) is 4.39. The third-order valence-electron chi connectivity index (χ3n) is 1.35. The van der Waals surface area contributed by atoms with Crippen LogP contribution in [0.15, 0.2) is 11.2 Å². The van der Waals surface area contributed by atoms with Crippen molar-refractivity contribution in [1.82, 2.24) is 0 Å². The number of nitrogens with zero attached hydrogens (tertiary/aromatic N) is 1. The van der Waals surface area contributed by atoms with Crippen molar-refractivity contribution in [3.63, 3.8) is 0 Å². The maximum atomic E-state index is 10.0. The van der Waals surface area contributed by atoms with Gasteiger partial charge in [-0.05, 0) is 17.7 Å². The molecule has 0 radical (unpaired) electrons. The molecule has 72 valence electrons. The number of thioether (sulfide) groups is 1. The standard InChI is InChI=1S/C7H10N2O3S/c8-7(10)12-9-3-1-2-6-4-11-5-13-6/h1,6H,2,4-5H2,(H2,8,10). The largest absolute Gasteiger partial charge is 0.431 e. The molecule has 1 amide bonds. The van der Waals surface area contributed by atoms with Gasteiger partial charge in [-0.15, -0.1) is 11.8 Å². The number of allylic oxidation sites excluding steroid dienone is 1. The number of ether oxygens (including phenoxy) is 1. The third-order valence-corrected chi connectivity index (χ3v) is 2.45. The maximum absolute atomic E-state index is 10.0. The number of nitrogens with two attached hydrogens (primary N) is 1. The van der Waals surface area contributed by atoms with E-state index in [-0.39, 0.29) is 0 Å². The zero-order valence-corrected chi connectivity index (χ0v) is 7.75. The molecule has 1 fully saturated rings. The fourth-order valence-corrected chi connectivity index (χ4v) is 1.61. The lowest BCUT2D eigenvalue weighted by Crippen LogP contribution is -2.08. The highest BCUT2D eigenvalue weighted by Crippen LogP contribution is 2.21.